The smallest absolute Gasteiger partial charge is 0.353 e. The fourth-order valence-electron chi connectivity index (χ4n) is 2.43. The zero-order valence-corrected chi connectivity index (χ0v) is 11.5. The van der Waals surface area contributed by atoms with E-state index in [1.54, 1.807) is 11.6 Å². The number of nitrogens with two attached hydrogens (primary N) is 1. The Kier molecular flexibility index (Phi) is 3.75. The van der Waals surface area contributed by atoms with E-state index >= 15 is 0 Å². The Hall–Kier alpha value is -1.63. The van der Waals surface area contributed by atoms with Crippen LogP contribution in [0.15, 0.2) is 0 Å². The molecule has 0 amide bonds. The molecule has 0 spiro atoms. The molecular weight excluding hydrogens is 248 g/mol. The largest absolute Gasteiger partial charge is 0.468 e. The Bertz CT molecular complexity index is 484. The number of ether oxygens (including phenoxy) is 1. The minimum atomic E-state index is -0.434. The molecule has 0 aliphatic heterocycles. The maximum atomic E-state index is 11.2. The molecule has 19 heavy (non-hydrogen) atoms. The molecule has 0 radical (unpaired) electrons. The third kappa shape index (κ3) is 2.56. The summed E-state index contributed by atoms with van der Waals surface area (Å²) in [6.45, 7) is 5.45. The summed E-state index contributed by atoms with van der Waals surface area (Å²) in [5.41, 5.74) is 6.29. The highest BCUT2D eigenvalue weighted by atomic mass is 16.6. The van der Waals surface area contributed by atoms with Crippen molar-refractivity contribution in [3.8, 4) is 5.88 Å². The summed E-state index contributed by atoms with van der Waals surface area (Å²) in [5.74, 6) is 0.236. The first kappa shape index (κ1) is 13.8. The molecule has 1 aliphatic rings. The van der Waals surface area contributed by atoms with Gasteiger partial charge in [-0.2, -0.15) is 5.10 Å². The monoisotopic (exact) mass is 268 g/mol. The maximum absolute atomic E-state index is 11.2. The highest BCUT2D eigenvalue weighted by Crippen LogP contribution is 2.35. The van der Waals surface area contributed by atoms with Gasteiger partial charge in [-0.3, -0.25) is 10.1 Å². The van der Waals surface area contributed by atoms with Gasteiger partial charge in [-0.15, -0.1) is 0 Å². The molecule has 1 aliphatic carbocycles. The van der Waals surface area contributed by atoms with E-state index in [1.807, 2.05) is 13.8 Å². The predicted octanol–water partition coefficient (Wildman–Crippen LogP) is 1.94. The van der Waals surface area contributed by atoms with Crippen molar-refractivity contribution in [1.29, 1.82) is 0 Å². The molecule has 2 N–H and O–H groups in total. The molecule has 0 saturated heterocycles. The van der Waals surface area contributed by atoms with E-state index < -0.39 is 4.92 Å². The van der Waals surface area contributed by atoms with Crippen molar-refractivity contribution >= 4 is 5.69 Å². The Morgan fingerprint density at radius 1 is 1.53 bits per heavy atom. The molecular formula is C12H20N4O3. The third-order valence-electron chi connectivity index (χ3n) is 3.45. The Labute approximate surface area is 111 Å². The van der Waals surface area contributed by atoms with Gasteiger partial charge >= 0.3 is 5.69 Å². The highest BCUT2D eigenvalue weighted by Gasteiger charge is 2.33. The second kappa shape index (κ2) is 5.16. The molecule has 0 aromatic carbocycles. The number of aromatic nitrogens is 2. The quantitative estimate of drug-likeness (QED) is 0.665. The van der Waals surface area contributed by atoms with Crippen molar-refractivity contribution in [2.45, 2.75) is 58.2 Å². The molecule has 1 aromatic rings. The molecule has 0 bridgehead atoms. The van der Waals surface area contributed by atoms with E-state index in [2.05, 4.69) is 5.10 Å². The van der Waals surface area contributed by atoms with Gasteiger partial charge < -0.3 is 10.5 Å². The van der Waals surface area contributed by atoms with Crippen LogP contribution in [0.1, 0.15) is 44.8 Å². The molecule has 106 valence electrons. The lowest BCUT2D eigenvalue weighted by atomic mass is 10.2. The van der Waals surface area contributed by atoms with Crippen LogP contribution in [0.2, 0.25) is 0 Å². The van der Waals surface area contributed by atoms with Crippen molar-refractivity contribution in [2.24, 2.45) is 5.73 Å². The topological polar surface area (TPSA) is 96.2 Å². The van der Waals surface area contributed by atoms with E-state index in [4.69, 9.17) is 10.5 Å². The Morgan fingerprint density at radius 2 is 2.21 bits per heavy atom. The van der Waals surface area contributed by atoms with E-state index in [0.29, 0.717) is 5.69 Å². The van der Waals surface area contributed by atoms with Crippen molar-refractivity contribution in [1.82, 2.24) is 9.78 Å². The molecule has 1 heterocycles. The van der Waals surface area contributed by atoms with Crippen LogP contribution in [0.3, 0.4) is 0 Å². The van der Waals surface area contributed by atoms with Crippen molar-refractivity contribution in [3.05, 3.63) is 15.8 Å². The van der Waals surface area contributed by atoms with Crippen LogP contribution in [0.25, 0.3) is 0 Å². The number of nitro groups is 1. The second-order valence-corrected chi connectivity index (χ2v) is 5.29. The molecule has 1 saturated carbocycles. The average Bonchev–Trinajstić information content (AvgIpc) is 2.84. The molecule has 7 heteroatoms. The fourth-order valence-corrected chi connectivity index (χ4v) is 2.43. The number of hydrogen-bond acceptors (Lipinski definition) is 5. The van der Waals surface area contributed by atoms with Crippen LogP contribution in [0, 0.1) is 17.0 Å². The van der Waals surface area contributed by atoms with Crippen molar-refractivity contribution in [3.63, 3.8) is 0 Å². The predicted molar refractivity (Wildman–Crippen MR) is 70.2 cm³/mol. The summed E-state index contributed by atoms with van der Waals surface area (Å²) in [4.78, 5) is 10.7. The molecule has 2 rings (SSSR count). The molecule has 2 atom stereocenters. The number of rotatable bonds is 4. The number of hydrogen-bond donors (Lipinski definition) is 1. The van der Waals surface area contributed by atoms with E-state index in [-0.39, 0.29) is 29.8 Å². The van der Waals surface area contributed by atoms with Gasteiger partial charge in [-0.1, -0.05) is 0 Å². The van der Waals surface area contributed by atoms with Crippen LogP contribution in [0.4, 0.5) is 5.69 Å². The molecule has 1 fully saturated rings. The lowest BCUT2D eigenvalue weighted by Gasteiger charge is -2.19. The Balaban J connectivity index is 2.38. The first-order valence-electron chi connectivity index (χ1n) is 6.57. The lowest BCUT2D eigenvalue weighted by Crippen LogP contribution is -2.34. The summed E-state index contributed by atoms with van der Waals surface area (Å²) in [6, 6.07) is -0.0598. The van der Waals surface area contributed by atoms with Gasteiger partial charge in [0.25, 0.3) is 5.88 Å². The first-order chi connectivity index (χ1) is 8.91. The fraction of sp³-hybridized carbons (Fsp3) is 0.750. The lowest BCUT2D eigenvalue weighted by molar-refractivity contribution is -0.386. The van der Waals surface area contributed by atoms with Gasteiger partial charge in [0.15, 0.2) is 0 Å². The van der Waals surface area contributed by atoms with Gasteiger partial charge in [0, 0.05) is 6.04 Å². The van der Waals surface area contributed by atoms with Crippen LogP contribution in [-0.4, -0.2) is 26.8 Å². The summed E-state index contributed by atoms with van der Waals surface area (Å²) in [5, 5.41) is 15.4. The molecule has 7 nitrogen and oxygen atoms in total. The first-order valence-corrected chi connectivity index (χ1v) is 6.57. The maximum Gasteiger partial charge on any atom is 0.353 e. The third-order valence-corrected chi connectivity index (χ3v) is 3.45. The average molecular weight is 268 g/mol. The summed E-state index contributed by atoms with van der Waals surface area (Å²) in [7, 11) is 0. The summed E-state index contributed by atoms with van der Waals surface area (Å²) >= 11 is 0. The van der Waals surface area contributed by atoms with Crippen LogP contribution in [-0.2, 0) is 0 Å². The van der Waals surface area contributed by atoms with E-state index in [9.17, 15) is 10.1 Å². The van der Waals surface area contributed by atoms with Crippen LogP contribution >= 0.6 is 0 Å². The number of nitrogens with zero attached hydrogens (tertiary/aromatic N) is 3. The van der Waals surface area contributed by atoms with E-state index in [0.717, 1.165) is 19.3 Å². The van der Waals surface area contributed by atoms with Gasteiger partial charge in [0.2, 0.25) is 0 Å². The van der Waals surface area contributed by atoms with Crippen LogP contribution in [0.5, 0.6) is 5.88 Å². The SMILES string of the molecule is Cc1nn(C(C)C)c(OC2CCCC2N)c1[N+](=O)[O-]. The van der Waals surface area contributed by atoms with Crippen molar-refractivity contribution < 1.29 is 9.66 Å². The van der Waals surface area contributed by atoms with Gasteiger partial charge in [0.05, 0.1) is 11.0 Å². The van der Waals surface area contributed by atoms with Crippen LogP contribution < -0.4 is 10.5 Å². The minimum Gasteiger partial charge on any atom is -0.468 e. The van der Waals surface area contributed by atoms with Crippen molar-refractivity contribution in [2.75, 3.05) is 0 Å². The molecule has 2 unspecified atom stereocenters. The standard InChI is InChI=1S/C12H20N4O3/c1-7(2)15-12(11(16(17)18)8(3)14-15)19-10-6-4-5-9(10)13/h7,9-10H,4-6,13H2,1-3H3. The van der Waals surface area contributed by atoms with Gasteiger partial charge in [-0.25, -0.2) is 4.68 Å². The van der Waals surface area contributed by atoms with Gasteiger partial charge in [0.1, 0.15) is 11.8 Å². The minimum absolute atomic E-state index is 0.0000255. The number of aryl methyl sites for hydroxylation is 1. The van der Waals surface area contributed by atoms with E-state index in [1.165, 1.54) is 0 Å². The summed E-state index contributed by atoms with van der Waals surface area (Å²) in [6.07, 6.45) is 2.56. The highest BCUT2D eigenvalue weighted by molar-refractivity contribution is 5.46. The zero-order chi connectivity index (χ0) is 14.2. The zero-order valence-electron chi connectivity index (χ0n) is 11.5. The van der Waals surface area contributed by atoms with Gasteiger partial charge in [-0.05, 0) is 40.0 Å². The normalized spacial score (nSPS) is 23.0. The second-order valence-electron chi connectivity index (χ2n) is 5.29. The Morgan fingerprint density at radius 3 is 2.68 bits per heavy atom. The summed E-state index contributed by atoms with van der Waals surface area (Å²) < 4.78 is 7.40. The molecule has 1 aromatic heterocycles.